The van der Waals surface area contributed by atoms with E-state index in [0.29, 0.717) is 18.8 Å². The van der Waals surface area contributed by atoms with Crippen molar-refractivity contribution in [2.24, 2.45) is 0 Å². The van der Waals surface area contributed by atoms with Crippen LogP contribution in [0.5, 0.6) is 0 Å². The molecule has 0 aliphatic carbocycles. The van der Waals surface area contributed by atoms with Crippen molar-refractivity contribution in [1.82, 2.24) is 10.2 Å². The summed E-state index contributed by atoms with van der Waals surface area (Å²) >= 11 is 0. The lowest BCUT2D eigenvalue weighted by Crippen LogP contribution is -2.35. The minimum atomic E-state index is -0.412. The quantitative estimate of drug-likeness (QED) is 0.579. The van der Waals surface area contributed by atoms with E-state index in [2.05, 4.69) is 10.6 Å². The van der Waals surface area contributed by atoms with Gasteiger partial charge in [-0.3, -0.25) is 19.8 Å². The van der Waals surface area contributed by atoms with E-state index in [9.17, 15) is 14.9 Å². The zero-order valence-electron chi connectivity index (χ0n) is 12.0. The van der Waals surface area contributed by atoms with Crippen LogP contribution in [0, 0.1) is 10.1 Å². The number of hydrogen-bond acceptors (Lipinski definition) is 5. The molecule has 1 rings (SSSR count). The lowest BCUT2D eigenvalue weighted by molar-refractivity contribution is -0.384. The smallest absolute Gasteiger partial charge is 0.292 e. The predicted molar refractivity (Wildman–Crippen MR) is 77.7 cm³/mol. The lowest BCUT2D eigenvalue weighted by Gasteiger charge is -2.19. The molecule has 1 aromatic carbocycles. The molecule has 0 saturated carbocycles. The number of likely N-dealkylation sites (N-methyl/N-ethyl adjacent to an activating group) is 2. The summed E-state index contributed by atoms with van der Waals surface area (Å²) in [5, 5.41) is 16.4. The van der Waals surface area contributed by atoms with Crippen molar-refractivity contribution in [3.8, 4) is 0 Å². The molecule has 0 saturated heterocycles. The Hall–Kier alpha value is -2.15. The van der Waals surface area contributed by atoms with Crippen LogP contribution in [0.15, 0.2) is 18.2 Å². The van der Waals surface area contributed by atoms with Crippen molar-refractivity contribution in [3.05, 3.63) is 33.9 Å². The fourth-order valence-corrected chi connectivity index (χ4v) is 1.86. The first-order valence-electron chi connectivity index (χ1n) is 6.39. The molecule has 1 amide bonds. The molecule has 0 radical (unpaired) electrons. The van der Waals surface area contributed by atoms with Gasteiger partial charge in [-0.2, -0.15) is 0 Å². The first-order chi connectivity index (χ1) is 9.51. The maximum atomic E-state index is 11.4. The van der Waals surface area contributed by atoms with Crippen molar-refractivity contribution in [2.75, 3.05) is 32.5 Å². The van der Waals surface area contributed by atoms with Crippen LogP contribution in [0.1, 0.15) is 12.5 Å². The maximum Gasteiger partial charge on any atom is 0.292 e. The van der Waals surface area contributed by atoms with Crippen LogP contribution in [0.3, 0.4) is 0 Å². The third-order valence-corrected chi connectivity index (χ3v) is 3.03. The molecule has 0 aromatic heterocycles. The van der Waals surface area contributed by atoms with E-state index in [0.717, 1.165) is 5.56 Å². The fourth-order valence-electron chi connectivity index (χ4n) is 1.86. The third-order valence-electron chi connectivity index (χ3n) is 3.03. The zero-order chi connectivity index (χ0) is 15.1. The molecule has 0 spiro atoms. The monoisotopic (exact) mass is 280 g/mol. The van der Waals surface area contributed by atoms with Gasteiger partial charge in [0, 0.05) is 26.7 Å². The number of nitro benzene ring substituents is 1. The number of anilines is 1. The summed E-state index contributed by atoms with van der Waals surface area (Å²) in [7, 11) is 3.23. The molecule has 2 N–H and O–H groups in total. The minimum Gasteiger partial charge on any atom is -0.383 e. The molecule has 0 unspecified atom stereocenters. The highest BCUT2D eigenvalue weighted by molar-refractivity contribution is 5.77. The topological polar surface area (TPSA) is 87.5 Å². The third kappa shape index (κ3) is 4.20. The van der Waals surface area contributed by atoms with E-state index < -0.39 is 4.92 Å². The van der Waals surface area contributed by atoms with Crippen LogP contribution in [0.25, 0.3) is 0 Å². The number of hydrogen-bond donors (Lipinski definition) is 2. The number of amides is 1. The summed E-state index contributed by atoms with van der Waals surface area (Å²) in [5.74, 6) is -0.0757. The number of carbonyl (C=O) groups is 1. The Kier molecular flexibility index (Phi) is 5.92. The second-order valence-electron chi connectivity index (χ2n) is 4.34. The minimum absolute atomic E-state index is 0.0426. The van der Waals surface area contributed by atoms with E-state index in [4.69, 9.17) is 0 Å². The van der Waals surface area contributed by atoms with Gasteiger partial charge in [0.05, 0.1) is 11.5 Å². The summed E-state index contributed by atoms with van der Waals surface area (Å²) in [5.41, 5.74) is 1.33. The van der Waals surface area contributed by atoms with Gasteiger partial charge in [0.15, 0.2) is 0 Å². The highest BCUT2D eigenvalue weighted by Crippen LogP contribution is 2.25. The molecule has 0 heterocycles. The number of carbonyl (C=O) groups excluding carboxylic acids is 1. The normalized spacial score (nSPS) is 10.4. The van der Waals surface area contributed by atoms with E-state index in [1.54, 1.807) is 26.2 Å². The van der Waals surface area contributed by atoms with Gasteiger partial charge < -0.3 is 10.6 Å². The SMILES string of the molecule is CCN(CC(=O)NC)Cc1ccc(NC)c([N+](=O)[O-])c1. The van der Waals surface area contributed by atoms with E-state index in [-0.39, 0.29) is 18.1 Å². The van der Waals surface area contributed by atoms with Gasteiger partial charge in [0.1, 0.15) is 5.69 Å². The van der Waals surface area contributed by atoms with Gasteiger partial charge in [-0.05, 0) is 18.2 Å². The van der Waals surface area contributed by atoms with Crippen molar-refractivity contribution in [1.29, 1.82) is 0 Å². The first kappa shape index (κ1) is 15.9. The highest BCUT2D eigenvalue weighted by atomic mass is 16.6. The Labute approximate surface area is 118 Å². The molecule has 20 heavy (non-hydrogen) atoms. The summed E-state index contributed by atoms with van der Waals surface area (Å²) in [6.07, 6.45) is 0. The zero-order valence-corrected chi connectivity index (χ0v) is 12.0. The van der Waals surface area contributed by atoms with Crippen LogP contribution in [-0.4, -0.2) is 42.9 Å². The van der Waals surface area contributed by atoms with Crippen LogP contribution in [0.4, 0.5) is 11.4 Å². The largest absolute Gasteiger partial charge is 0.383 e. The summed E-state index contributed by atoms with van der Waals surface area (Å²) in [6.45, 7) is 3.40. The number of benzene rings is 1. The van der Waals surface area contributed by atoms with Crippen LogP contribution in [0.2, 0.25) is 0 Å². The van der Waals surface area contributed by atoms with Crippen LogP contribution >= 0.6 is 0 Å². The molecular weight excluding hydrogens is 260 g/mol. The Balaban J connectivity index is 2.88. The van der Waals surface area contributed by atoms with Crippen LogP contribution < -0.4 is 10.6 Å². The molecular formula is C13H20N4O3. The highest BCUT2D eigenvalue weighted by Gasteiger charge is 2.15. The molecule has 7 heteroatoms. The Morgan fingerprint density at radius 1 is 1.40 bits per heavy atom. The van der Waals surface area contributed by atoms with Gasteiger partial charge in [0.25, 0.3) is 5.69 Å². The summed E-state index contributed by atoms with van der Waals surface area (Å²) in [6, 6.07) is 5.05. The number of rotatable bonds is 7. The van der Waals surface area contributed by atoms with Crippen LogP contribution in [-0.2, 0) is 11.3 Å². The van der Waals surface area contributed by atoms with Gasteiger partial charge in [-0.15, -0.1) is 0 Å². The van der Waals surface area contributed by atoms with E-state index in [1.807, 2.05) is 17.9 Å². The molecule has 0 atom stereocenters. The van der Waals surface area contributed by atoms with Crippen molar-refractivity contribution >= 4 is 17.3 Å². The molecule has 0 fully saturated rings. The van der Waals surface area contributed by atoms with Crippen molar-refractivity contribution in [3.63, 3.8) is 0 Å². The van der Waals surface area contributed by atoms with Gasteiger partial charge in [-0.25, -0.2) is 0 Å². The molecule has 0 aliphatic rings. The van der Waals surface area contributed by atoms with Crippen molar-refractivity contribution < 1.29 is 9.72 Å². The second kappa shape index (κ2) is 7.44. The summed E-state index contributed by atoms with van der Waals surface area (Å²) in [4.78, 5) is 23.9. The average molecular weight is 280 g/mol. The van der Waals surface area contributed by atoms with Gasteiger partial charge in [0.2, 0.25) is 5.91 Å². The first-order valence-corrected chi connectivity index (χ1v) is 6.39. The maximum absolute atomic E-state index is 11.4. The molecule has 0 bridgehead atoms. The Morgan fingerprint density at radius 2 is 2.10 bits per heavy atom. The van der Waals surface area contributed by atoms with Gasteiger partial charge in [-0.1, -0.05) is 13.0 Å². The second-order valence-corrected chi connectivity index (χ2v) is 4.34. The standard InChI is InChI=1S/C13H20N4O3/c1-4-16(9-13(18)15-3)8-10-5-6-11(14-2)12(7-10)17(19)20/h5-7,14H,4,8-9H2,1-3H3,(H,15,18). The Morgan fingerprint density at radius 3 is 2.60 bits per heavy atom. The summed E-state index contributed by atoms with van der Waals surface area (Å²) < 4.78 is 0. The number of nitrogens with zero attached hydrogens (tertiary/aromatic N) is 2. The molecule has 1 aromatic rings. The average Bonchev–Trinajstić information content (AvgIpc) is 2.45. The van der Waals surface area contributed by atoms with Crippen molar-refractivity contribution in [2.45, 2.75) is 13.5 Å². The molecule has 0 aliphatic heterocycles. The predicted octanol–water partition coefficient (Wildman–Crippen LogP) is 1.20. The fraction of sp³-hybridized carbons (Fsp3) is 0.462. The van der Waals surface area contributed by atoms with E-state index >= 15 is 0 Å². The number of nitro groups is 1. The lowest BCUT2D eigenvalue weighted by atomic mass is 10.1. The molecule has 110 valence electrons. The Bertz CT molecular complexity index is 491. The number of nitrogens with one attached hydrogen (secondary N) is 2. The van der Waals surface area contributed by atoms with E-state index in [1.165, 1.54) is 0 Å². The van der Waals surface area contributed by atoms with Gasteiger partial charge >= 0.3 is 0 Å². The molecule has 7 nitrogen and oxygen atoms in total.